The minimum atomic E-state index is -0.126. The van der Waals surface area contributed by atoms with Gasteiger partial charge in [-0.3, -0.25) is 10.1 Å². The summed E-state index contributed by atoms with van der Waals surface area (Å²) >= 11 is 4.99. The number of rotatable bonds is 5. The summed E-state index contributed by atoms with van der Waals surface area (Å²) < 4.78 is 1.04. The van der Waals surface area contributed by atoms with Crippen molar-refractivity contribution in [2.75, 3.05) is 5.32 Å². The Morgan fingerprint density at radius 1 is 1.12 bits per heavy atom. The summed E-state index contributed by atoms with van der Waals surface area (Å²) in [5.41, 5.74) is 3.87. The van der Waals surface area contributed by atoms with Gasteiger partial charge in [-0.2, -0.15) is 0 Å². The summed E-state index contributed by atoms with van der Waals surface area (Å²) in [4.78, 5) is 18.4. The van der Waals surface area contributed by atoms with Crippen molar-refractivity contribution in [3.63, 3.8) is 0 Å². The molecule has 1 amide bonds. The number of aromatic nitrogens is 1. The van der Waals surface area contributed by atoms with Crippen LogP contribution in [-0.2, 0) is 6.42 Å². The van der Waals surface area contributed by atoms with Crippen molar-refractivity contribution in [2.24, 2.45) is 0 Å². The molecule has 3 rings (SSSR count). The summed E-state index contributed by atoms with van der Waals surface area (Å²) in [7, 11) is 0. The van der Waals surface area contributed by atoms with E-state index >= 15 is 0 Å². The molecule has 0 radical (unpaired) electrons. The van der Waals surface area contributed by atoms with Crippen LogP contribution < -0.4 is 5.32 Å². The van der Waals surface area contributed by atoms with Crippen LogP contribution in [0, 0.1) is 0 Å². The number of thiazole rings is 1. The lowest BCUT2D eigenvalue weighted by Crippen LogP contribution is -2.11. The van der Waals surface area contributed by atoms with Gasteiger partial charge in [-0.05, 0) is 42.2 Å². The molecule has 3 nitrogen and oxygen atoms in total. The summed E-state index contributed by atoms with van der Waals surface area (Å²) in [5, 5.41) is 3.58. The van der Waals surface area contributed by atoms with E-state index in [4.69, 9.17) is 0 Å². The normalized spacial score (nSPS) is 11.0. The molecule has 0 fully saturated rings. The van der Waals surface area contributed by atoms with Gasteiger partial charge < -0.3 is 0 Å². The maximum atomic E-state index is 12.5. The zero-order valence-electron chi connectivity index (χ0n) is 15.0. The zero-order valence-corrected chi connectivity index (χ0v) is 17.4. The third kappa shape index (κ3) is 4.22. The minimum Gasteiger partial charge on any atom is -0.298 e. The predicted molar refractivity (Wildman–Crippen MR) is 113 cm³/mol. The summed E-state index contributed by atoms with van der Waals surface area (Å²) in [6.07, 6.45) is 0.877. The molecular weight excluding hydrogens is 408 g/mol. The van der Waals surface area contributed by atoms with E-state index < -0.39 is 0 Å². The molecule has 1 N–H and O–H groups in total. The number of hydrogen-bond acceptors (Lipinski definition) is 3. The Balaban J connectivity index is 1.81. The zero-order chi connectivity index (χ0) is 18.7. The highest BCUT2D eigenvalue weighted by Crippen LogP contribution is 2.32. The van der Waals surface area contributed by atoms with Gasteiger partial charge >= 0.3 is 0 Å². The number of halogens is 1. The first kappa shape index (κ1) is 18.8. The van der Waals surface area contributed by atoms with Crippen LogP contribution in [0.3, 0.4) is 0 Å². The molecule has 0 atom stereocenters. The van der Waals surface area contributed by atoms with Crippen LogP contribution in [0.4, 0.5) is 5.13 Å². The average Bonchev–Trinajstić information content (AvgIpc) is 3.05. The third-order valence-electron chi connectivity index (χ3n) is 4.20. The van der Waals surface area contributed by atoms with Gasteiger partial charge in [0.05, 0.1) is 5.69 Å². The maximum absolute atomic E-state index is 12.5. The summed E-state index contributed by atoms with van der Waals surface area (Å²) in [6.45, 7) is 6.38. The van der Waals surface area contributed by atoms with E-state index in [1.165, 1.54) is 16.9 Å². The Morgan fingerprint density at radius 3 is 2.35 bits per heavy atom. The number of carbonyl (C=O) groups excluding carboxylic acids is 1. The first-order chi connectivity index (χ1) is 12.5. The van der Waals surface area contributed by atoms with Gasteiger partial charge in [-0.1, -0.05) is 61.0 Å². The summed E-state index contributed by atoms with van der Waals surface area (Å²) in [6, 6.07) is 15.8. The molecule has 0 spiro atoms. The Morgan fingerprint density at radius 2 is 1.77 bits per heavy atom. The van der Waals surface area contributed by atoms with E-state index in [1.807, 2.05) is 48.5 Å². The van der Waals surface area contributed by atoms with Gasteiger partial charge in [0, 0.05) is 20.5 Å². The van der Waals surface area contributed by atoms with Crippen molar-refractivity contribution in [3.8, 4) is 11.3 Å². The molecule has 0 aliphatic rings. The average molecular weight is 429 g/mol. The van der Waals surface area contributed by atoms with Crippen molar-refractivity contribution >= 4 is 38.3 Å². The molecule has 0 saturated carbocycles. The Hall–Kier alpha value is -1.98. The predicted octanol–water partition coefficient (Wildman–Crippen LogP) is 6.51. The summed E-state index contributed by atoms with van der Waals surface area (Å²) in [5.74, 6) is 0.325. The van der Waals surface area contributed by atoms with Crippen LogP contribution in [-0.4, -0.2) is 10.9 Å². The van der Waals surface area contributed by atoms with E-state index in [0.29, 0.717) is 16.6 Å². The van der Waals surface area contributed by atoms with Gasteiger partial charge in [0.2, 0.25) is 0 Å². The number of anilines is 1. The van der Waals surface area contributed by atoms with E-state index in [2.05, 4.69) is 47.0 Å². The van der Waals surface area contributed by atoms with Gasteiger partial charge in [0.1, 0.15) is 0 Å². The van der Waals surface area contributed by atoms with E-state index in [1.54, 1.807) is 0 Å². The Kier molecular flexibility index (Phi) is 5.89. The van der Waals surface area contributed by atoms with Crippen LogP contribution in [0.25, 0.3) is 11.3 Å². The lowest BCUT2D eigenvalue weighted by atomic mass is 10.0. The number of amides is 1. The second kappa shape index (κ2) is 8.14. The van der Waals surface area contributed by atoms with Gasteiger partial charge in [0.15, 0.2) is 5.13 Å². The van der Waals surface area contributed by atoms with Crippen LogP contribution in [0.15, 0.2) is 53.0 Å². The molecule has 5 heteroatoms. The number of carbonyl (C=O) groups is 1. The van der Waals surface area contributed by atoms with Crippen molar-refractivity contribution in [2.45, 2.75) is 33.1 Å². The first-order valence-electron chi connectivity index (χ1n) is 8.65. The maximum Gasteiger partial charge on any atom is 0.257 e. The number of aryl methyl sites for hydroxylation is 1. The van der Waals surface area contributed by atoms with Crippen LogP contribution in [0.2, 0.25) is 0 Å². The van der Waals surface area contributed by atoms with E-state index in [-0.39, 0.29) is 5.91 Å². The second-order valence-electron chi connectivity index (χ2n) is 6.38. The number of nitrogens with zero attached hydrogens (tertiary/aromatic N) is 1. The fourth-order valence-electron chi connectivity index (χ4n) is 2.67. The van der Waals surface area contributed by atoms with Crippen molar-refractivity contribution in [1.82, 2.24) is 4.98 Å². The molecule has 134 valence electrons. The molecule has 0 aliphatic heterocycles. The SMILES string of the molecule is CCc1sc(NC(=O)c2ccc(C(C)C)cc2)nc1-c1ccc(Br)cc1. The lowest BCUT2D eigenvalue weighted by Gasteiger charge is -2.06. The van der Waals surface area contributed by atoms with Crippen LogP contribution in [0.1, 0.15) is 47.5 Å². The molecule has 2 aromatic carbocycles. The molecular formula is C21H21BrN2OS. The molecule has 0 bridgehead atoms. The standard InChI is InChI=1S/C21H21BrN2OS/c1-4-18-19(15-9-11-17(22)12-10-15)23-21(26-18)24-20(25)16-7-5-14(6-8-16)13(2)3/h5-13H,4H2,1-3H3,(H,23,24,25). The molecule has 0 aliphatic carbocycles. The molecule has 3 aromatic rings. The van der Waals surface area contributed by atoms with Crippen molar-refractivity contribution < 1.29 is 4.79 Å². The number of benzene rings is 2. The van der Waals surface area contributed by atoms with E-state index in [9.17, 15) is 4.79 Å². The van der Waals surface area contributed by atoms with Gasteiger partial charge in [0.25, 0.3) is 5.91 Å². The highest BCUT2D eigenvalue weighted by atomic mass is 79.9. The minimum absolute atomic E-state index is 0.126. The number of nitrogens with one attached hydrogen (secondary N) is 1. The fraction of sp³-hybridized carbons (Fsp3) is 0.238. The Labute approximate surface area is 166 Å². The highest BCUT2D eigenvalue weighted by Gasteiger charge is 2.15. The smallest absolute Gasteiger partial charge is 0.257 e. The van der Waals surface area contributed by atoms with E-state index in [0.717, 1.165) is 27.0 Å². The van der Waals surface area contributed by atoms with Crippen LogP contribution >= 0.6 is 27.3 Å². The lowest BCUT2D eigenvalue weighted by molar-refractivity contribution is 0.102. The highest BCUT2D eigenvalue weighted by molar-refractivity contribution is 9.10. The molecule has 0 saturated heterocycles. The quantitative estimate of drug-likeness (QED) is 0.502. The molecule has 1 heterocycles. The number of hydrogen-bond donors (Lipinski definition) is 1. The molecule has 1 aromatic heterocycles. The third-order valence-corrected chi connectivity index (χ3v) is 5.84. The fourth-order valence-corrected chi connectivity index (χ4v) is 3.85. The molecule has 0 unspecified atom stereocenters. The Bertz CT molecular complexity index is 899. The topological polar surface area (TPSA) is 42.0 Å². The van der Waals surface area contributed by atoms with Gasteiger partial charge in [-0.25, -0.2) is 4.98 Å². The van der Waals surface area contributed by atoms with Crippen molar-refractivity contribution in [1.29, 1.82) is 0 Å². The van der Waals surface area contributed by atoms with Crippen molar-refractivity contribution in [3.05, 3.63) is 69.0 Å². The first-order valence-corrected chi connectivity index (χ1v) is 10.3. The van der Waals surface area contributed by atoms with Gasteiger partial charge in [-0.15, -0.1) is 11.3 Å². The second-order valence-corrected chi connectivity index (χ2v) is 8.38. The largest absolute Gasteiger partial charge is 0.298 e. The monoisotopic (exact) mass is 428 g/mol. The van der Waals surface area contributed by atoms with Crippen LogP contribution in [0.5, 0.6) is 0 Å². The molecule has 26 heavy (non-hydrogen) atoms.